The summed E-state index contributed by atoms with van der Waals surface area (Å²) in [5.74, 6) is 0.0694. The molecule has 0 saturated carbocycles. The van der Waals surface area contributed by atoms with E-state index in [1.807, 2.05) is 43.3 Å². The Kier molecular flexibility index (Phi) is 5.49. The molecule has 1 rings (SSSR count). The van der Waals surface area contributed by atoms with E-state index < -0.39 is 0 Å². The standard InChI is InChI=1S/C12H17BrN2O/c1-15(2)7-6-14-12(16)9-10-4-3-5-11(13)8-10/h3-5,8H,6-7,9H2,1-2H3,(H,14,16). The zero-order chi connectivity index (χ0) is 12.0. The number of carbonyl (C=O) groups excluding carboxylic acids is 1. The van der Waals surface area contributed by atoms with Crippen LogP contribution in [0, 0.1) is 0 Å². The summed E-state index contributed by atoms with van der Waals surface area (Å²) in [4.78, 5) is 13.6. The molecule has 0 bridgehead atoms. The van der Waals surface area contributed by atoms with Gasteiger partial charge in [-0.25, -0.2) is 0 Å². The molecule has 0 atom stereocenters. The molecule has 0 radical (unpaired) electrons. The number of halogens is 1. The van der Waals surface area contributed by atoms with Crippen molar-refractivity contribution in [1.29, 1.82) is 0 Å². The van der Waals surface area contributed by atoms with Gasteiger partial charge in [0.2, 0.25) is 5.91 Å². The largest absolute Gasteiger partial charge is 0.355 e. The molecule has 0 spiro atoms. The maximum absolute atomic E-state index is 11.6. The number of carbonyl (C=O) groups is 1. The Hall–Kier alpha value is -0.870. The summed E-state index contributed by atoms with van der Waals surface area (Å²) in [5, 5.41) is 2.89. The summed E-state index contributed by atoms with van der Waals surface area (Å²) in [6, 6.07) is 7.81. The van der Waals surface area contributed by atoms with Crippen LogP contribution in [0.5, 0.6) is 0 Å². The second kappa shape index (κ2) is 6.66. The van der Waals surface area contributed by atoms with Gasteiger partial charge >= 0.3 is 0 Å². The average molecular weight is 285 g/mol. The minimum absolute atomic E-state index is 0.0694. The zero-order valence-electron chi connectivity index (χ0n) is 9.66. The van der Waals surface area contributed by atoms with Gasteiger partial charge in [0, 0.05) is 17.6 Å². The van der Waals surface area contributed by atoms with Gasteiger partial charge in [-0.3, -0.25) is 4.79 Å². The molecule has 0 saturated heterocycles. The summed E-state index contributed by atoms with van der Waals surface area (Å²) in [6.07, 6.45) is 0.437. The first-order valence-corrected chi connectivity index (χ1v) is 6.03. The van der Waals surface area contributed by atoms with E-state index >= 15 is 0 Å². The number of benzene rings is 1. The smallest absolute Gasteiger partial charge is 0.224 e. The second-order valence-corrected chi connectivity index (χ2v) is 4.88. The molecule has 4 heteroatoms. The van der Waals surface area contributed by atoms with E-state index in [-0.39, 0.29) is 5.91 Å². The van der Waals surface area contributed by atoms with Gasteiger partial charge < -0.3 is 10.2 Å². The molecule has 1 amide bonds. The van der Waals surface area contributed by atoms with Crippen molar-refractivity contribution in [2.24, 2.45) is 0 Å². The molecule has 1 aromatic rings. The Morgan fingerprint density at radius 3 is 2.81 bits per heavy atom. The van der Waals surface area contributed by atoms with Gasteiger partial charge in [-0.2, -0.15) is 0 Å². The van der Waals surface area contributed by atoms with Crippen molar-refractivity contribution in [3.05, 3.63) is 34.3 Å². The maximum Gasteiger partial charge on any atom is 0.224 e. The van der Waals surface area contributed by atoms with Crippen LogP contribution in [0.3, 0.4) is 0 Å². The SMILES string of the molecule is CN(C)CCNC(=O)Cc1cccc(Br)c1. The molecule has 1 N–H and O–H groups in total. The molecule has 0 heterocycles. The summed E-state index contributed by atoms with van der Waals surface area (Å²) in [5.41, 5.74) is 1.02. The van der Waals surface area contributed by atoms with Crippen molar-refractivity contribution in [2.45, 2.75) is 6.42 Å². The van der Waals surface area contributed by atoms with Gasteiger partial charge in [0.1, 0.15) is 0 Å². The van der Waals surface area contributed by atoms with Crippen LogP contribution >= 0.6 is 15.9 Å². The summed E-state index contributed by atoms with van der Waals surface area (Å²) >= 11 is 3.39. The third kappa shape index (κ3) is 5.28. The summed E-state index contributed by atoms with van der Waals surface area (Å²) < 4.78 is 1.01. The molecule has 16 heavy (non-hydrogen) atoms. The van der Waals surface area contributed by atoms with Crippen molar-refractivity contribution in [3.8, 4) is 0 Å². The van der Waals surface area contributed by atoms with Crippen LogP contribution in [0.25, 0.3) is 0 Å². The molecule has 0 aliphatic carbocycles. The number of amides is 1. The van der Waals surface area contributed by atoms with Crippen LogP contribution < -0.4 is 5.32 Å². The Balaban J connectivity index is 2.34. The first-order chi connectivity index (χ1) is 7.58. The Morgan fingerprint density at radius 1 is 1.44 bits per heavy atom. The zero-order valence-corrected chi connectivity index (χ0v) is 11.3. The van der Waals surface area contributed by atoms with Crippen LogP contribution in [0.15, 0.2) is 28.7 Å². The van der Waals surface area contributed by atoms with Crippen molar-refractivity contribution < 1.29 is 4.79 Å². The third-order valence-electron chi connectivity index (χ3n) is 2.13. The van der Waals surface area contributed by atoms with Crippen LogP contribution in [0.2, 0.25) is 0 Å². The first-order valence-electron chi connectivity index (χ1n) is 5.24. The summed E-state index contributed by atoms with van der Waals surface area (Å²) in [7, 11) is 3.97. The lowest BCUT2D eigenvalue weighted by atomic mass is 10.1. The normalized spacial score (nSPS) is 10.5. The fourth-order valence-electron chi connectivity index (χ4n) is 1.31. The molecule has 0 unspecified atom stereocenters. The highest BCUT2D eigenvalue weighted by atomic mass is 79.9. The fourth-order valence-corrected chi connectivity index (χ4v) is 1.76. The van der Waals surface area contributed by atoms with Crippen LogP contribution in [0.1, 0.15) is 5.56 Å². The van der Waals surface area contributed by atoms with Gasteiger partial charge in [0.15, 0.2) is 0 Å². The van der Waals surface area contributed by atoms with E-state index in [4.69, 9.17) is 0 Å². The number of nitrogens with one attached hydrogen (secondary N) is 1. The fraction of sp³-hybridized carbons (Fsp3) is 0.417. The monoisotopic (exact) mass is 284 g/mol. The van der Waals surface area contributed by atoms with E-state index in [1.165, 1.54) is 0 Å². The van der Waals surface area contributed by atoms with Gasteiger partial charge in [0.05, 0.1) is 6.42 Å². The molecule has 88 valence electrons. The molecule has 0 aliphatic heterocycles. The van der Waals surface area contributed by atoms with Crippen molar-refractivity contribution in [3.63, 3.8) is 0 Å². The van der Waals surface area contributed by atoms with E-state index in [2.05, 4.69) is 21.2 Å². The average Bonchev–Trinajstić information content (AvgIpc) is 2.16. The first kappa shape index (κ1) is 13.2. The van der Waals surface area contributed by atoms with Crippen LogP contribution in [-0.2, 0) is 11.2 Å². The third-order valence-corrected chi connectivity index (χ3v) is 2.63. The highest BCUT2D eigenvalue weighted by Crippen LogP contribution is 2.11. The number of rotatable bonds is 5. The highest BCUT2D eigenvalue weighted by molar-refractivity contribution is 9.10. The van der Waals surface area contributed by atoms with Crippen LogP contribution in [-0.4, -0.2) is 38.0 Å². The van der Waals surface area contributed by atoms with Gasteiger partial charge in [0.25, 0.3) is 0 Å². The Bertz CT molecular complexity index is 353. The molecule has 1 aromatic carbocycles. The molecule has 0 aliphatic rings. The molecular formula is C12H17BrN2O. The predicted octanol–water partition coefficient (Wildman–Crippen LogP) is 1.67. The molecule has 0 aromatic heterocycles. The minimum Gasteiger partial charge on any atom is -0.355 e. The number of likely N-dealkylation sites (N-methyl/N-ethyl adjacent to an activating group) is 1. The molecule has 0 fully saturated rings. The van der Waals surface area contributed by atoms with E-state index in [0.717, 1.165) is 16.6 Å². The van der Waals surface area contributed by atoms with Crippen molar-refractivity contribution in [2.75, 3.05) is 27.2 Å². The molecular weight excluding hydrogens is 268 g/mol. The quantitative estimate of drug-likeness (QED) is 0.892. The number of hydrogen-bond acceptors (Lipinski definition) is 2. The lowest BCUT2D eigenvalue weighted by molar-refractivity contribution is -0.120. The van der Waals surface area contributed by atoms with E-state index in [0.29, 0.717) is 13.0 Å². The van der Waals surface area contributed by atoms with E-state index in [1.54, 1.807) is 0 Å². The Morgan fingerprint density at radius 2 is 2.19 bits per heavy atom. The number of hydrogen-bond donors (Lipinski definition) is 1. The van der Waals surface area contributed by atoms with Crippen LogP contribution in [0.4, 0.5) is 0 Å². The van der Waals surface area contributed by atoms with Gasteiger partial charge in [-0.15, -0.1) is 0 Å². The number of nitrogens with zero attached hydrogens (tertiary/aromatic N) is 1. The molecule has 3 nitrogen and oxygen atoms in total. The van der Waals surface area contributed by atoms with Crippen molar-refractivity contribution in [1.82, 2.24) is 10.2 Å². The summed E-state index contributed by atoms with van der Waals surface area (Å²) in [6.45, 7) is 1.56. The lowest BCUT2D eigenvalue weighted by Crippen LogP contribution is -2.32. The predicted molar refractivity (Wildman–Crippen MR) is 69.4 cm³/mol. The minimum atomic E-state index is 0.0694. The second-order valence-electron chi connectivity index (χ2n) is 3.96. The van der Waals surface area contributed by atoms with E-state index in [9.17, 15) is 4.79 Å². The van der Waals surface area contributed by atoms with Gasteiger partial charge in [-0.1, -0.05) is 28.1 Å². The lowest BCUT2D eigenvalue weighted by Gasteiger charge is -2.10. The topological polar surface area (TPSA) is 32.3 Å². The highest BCUT2D eigenvalue weighted by Gasteiger charge is 2.03. The van der Waals surface area contributed by atoms with Crippen molar-refractivity contribution >= 4 is 21.8 Å². The Labute approximate surface area is 105 Å². The van der Waals surface area contributed by atoms with Gasteiger partial charge in [-0.05, 0) is 31.8 Å². The maximum atomic E-state index is 11.6.